The van der Waals surface area contributed by atoms with E-state index in [4.69, 9.17) is 15.0 Å². The van der Waals surface area contributed by atoms with Crippen LogP contribution in [0.1, 0.15) is 18.1 Å². The average molecular weight is 246 g/mol. The smallest absolute Gasteiger partial charge is 0.173 e. The molecule has 0 fully saturated rings. The van der Waals surface area contributed by atoms with Gasteiger partial charge in [-0.2, -0.15) is 0 Å². The van der Waals surface area contributed by atoms with Gasteiger partial charge in [-0.15, -0.1) is 0 Å². The Morgan fingerprint density at radius 1 is 1.39 bits per heavy atom. The normalized spacial score (nSPS) is 10.6. The van der Waals surface area contributed by atoms with Gasteiger partial charge in [0.2, 0.25) is 0 Å². The fourth-order valence-electron chi connectivity index (χ4n) is 1.97. The van der Waals surface area contributed by atoms with E-state index in [1.54, 1.807) is 13.3 Å². The lowest BCUT2D eigenvalue weighted by atomic mass is 10.0. The van der Waals surface area contributed by atoms with Crippen LogP contribution in [0.15, 0.2) is 28.9 Å². The summed E-state index contributed by atoms with van der Waals surface area (Å²) in [5.74, 6) is 1.55. The highest BCUT2D eigenvalue weighted by atomic mass is 16.5. The molecule has 0 atom stereocenters. The molecule has 18 heavy (non-hydrogen) atoms. The van der Waals surface area contributed by atoms with Crippen molar-refractivity contribution in [2.45, 2.75) is 19.8 Å². The molecule has 1 aromatic carbocycles. The fourth-order valence-corrected chi connectivity index (χ4v) is 1.97. The highest BCUT2D eigenvalue weighted by Gasteiger charge is 2.15. The zero-order chi connectivity index (χ0) is 13.0. The van der Waals surface area contributed by atoms with E-state index in [1.807, 2.05) is 6.07 Å². The molecule has 1 heterocycles. The predicted molar refractivity (Wildman–Crippen MR) is 70.6 cm³/mol. The minimum atomic E-state index is 0.573. The number of ether oxygens (including phenoxy) is 1. The molecule has 4 nitrogen and oxygen atoms in total. The average Bonchev–Trinajstić information content (AvgIpc) is 2.86. The van der Waals surface area contributed by atoms with Crippen LogP contribution >= 0.6 is 0 Å². The Kier molecular flexibility index (Phi) is 3.99. The molecule has 2 aromatic rings. The van der Waals surface area contributed by atoms with Gasteiger partial charge in [0.25, 0.3) is 0 Å². The molecule has 0 spiro atoms. The Morgan fingerprint density at radius 3 is 2.89 bits per heavy atom. The van der Waals surface area contributed by atoms with Crippen molar-refractivity contribution in [3.63, 3.8) is 0 Å². The van der Waals surface area contributed by atoms with E-state index in [0.29, 0.717) is 6.54 Å². The molecule has 0 radical (unpaired) electrons. The number of nitrogens with two attached hydrogens (primary N) is 1. The molecule has 0 aliphatic carbocycles. The van der Waals surface area contributed by atoms with Gasteiger partial charge in [-0.1, -0.05) is 18.1 Å². The Balaban J connectivity index is 2.50. The number of nitrogens with zero attached hydrogens (tertiary/aromatic N) is 1. The Labute approximate surface area is 107 Å². The molecule has 0 aliphatic rings. The van der Waals surface area contributed by atoms with Gasteiger partial charge in [-0.05, 0) is 37.1 Å². The largest absolute Gasteiger partial charge is 0.496 e. The van der Waals surface area contributed by atoms with Gasteiger partial charge in [-0.25, -0.2) is 0 Å². The molecule has 0 amide bonds. The zero-order valence-electron chi connectivity index (χ0n) is 10.8. The van der Waals surface area contributed by atoms with Crippen LogP contribution in [0.5, 0.6) is 5.75 Å². The van der Waals surface area contributed by atoms with Crippen LogP contribution in [0.25, 0.3) is 11.3 Å². The molecule has 2 N–H and O–H groups in total. The molecule has 2 rings (SSSR count). The number of aromatic nitrogens is 1. The molecule has 0 bridgehead atoms. The molecular formula is C14H18N2O2. The first-order chi connectivity index (χ1) is 8.80. The second-order valence-electron chi connectivity index (χ2n) is 4.11. The van der Waals surface area contributed by atoms with Crippen molar-refractivity contribution in [1.29, 1.82) is 0 Å². The van der Waals surface area contributed by atoms with Crippen LogP contribution < -0.4 is 10.5 Å². The van der Waals surface area contributed by atoms with Crippen molar-refractivity contribution >= 4 is 0 Å². The van der Waals surface area contributed by atoms with Gasteiger partial charge in [0, 0.05) is 5.56 Å². The first kappa shape index (κ1) is 12.6. The fraction of sp³-hybridized carbons (Fsp3) is 0.357. The number of rotatable bonds is 5. The molecule has 96 valence electrons. The summed E-state index contributed by atoms with van der Waals surface area (Å²) in [4.78, 5) is 0. The quantitative estimate of drug-likeness (QED) is 0.880. The highest BCUT2D eigenvalue weighted by molar-refractivity contribution is 5.69. The van der Waals surface area contributed by atoms with Gasteiger partial charge >= 0.3 is 0 Å². The summed E-state index contributed by atoms with van der Waals surface area (Å²) in [5.41, 5.74) is 8.79. The lowest BCUT2D eigenvalue weighted by molar-refractivity contribution is 0.405. The van der Waals surface area contributed by atoms with Crippen LogP contribution in [-0.4, -0.2) is 18.8 Å². The summed E-state index contributed by atoms with van der Waals surface area (Å²) in [6, 6.07) is 6.10. The van der Waals surface area contributed by atoms with Crippen molar-refractivity contribution in [1.82, 2.24) is 5.16 Å². The van der Waals surface area contributed by atoms with Gasteiger partial charge in [0.1, 0.15) is 5.75 Å². The minimum absolute atomic E-state index is 0.573. The predicted octanol–water partition coefficient (Wildman–Crippen LogP) is 2.41. The SMILES string of the molecule is CCc1ccc(OC)c(-c2oncc2CCN)c1. The summed E-state index contributed by atoms with van der Waals surface area (Å²) in [7, 11) is 1.66. The number of methoxy groups -OCH3 is 1. The van der Waals surface area contributed by atoms with Crippen LogP contribution in [0.3, 0.4) is 0 Å². The monoisotopic (exact) mass is 246 g/mol. The Bertz CT molecular complexity index is 520. The zero-order valence-corrected chi connectivity index (χ0v) is 10.8. The van der Waals surface area contributed by atoms with Crippen molar-refractivity contribution in [3.8, 4) is 17.1 Å². The van der Waals surface area contributed by atoms with Crippen LogP contribution in [0.2, 0.25) is 0 Å². The second-order valence-corrected chi connectivity index (χ2v) is 4.11. The van der Waals surface area contributed by atoms with Crippen LogP contribution in [0, 0.1) is 0 Å². The summed E-state index contributed by atoms with van der Waals surface area (Å²) in [6.45, 7) is 2.69. The number of hydrogen-bond acceptors (Lipinski definition) is 4. The summed E-state index contributed by atoms with van der Waals surface area (Å²) >= 11 is 0. The van der Waals surface area contributed by atoms with E-state index in [1.165, 1.54) is 5.56 Å². The molecule has 0 saturated heterocycles. The second kappa shape index (κ2) is 5.69. The lowest BCUT2D eigenvalue weighted by Gasteiger charge is -2.09. The van der Waals surface area contributed by atoms with E-state index >= 15 is 0 Å². The topological polar surface area (TPSA) is 61.3 Å². The van der Waals surface area contributed by atoms with E-state index in [9.17, 15) is 0 Å². The molecule has 1 aromatic heterocycles. The number of benzene rings is 1. The maximum atomic E-state index is 5.59. The third-order valence-corrected chi connectivity index (χ3v) is 2.97. The van der Waals surface area contributed by atoms with Crippen LogP contribution in [0.4, 0.5) is 0 Å². The maximum absolute atomic E-state index is 5.59. The van der Waals surface area contributed by atoms with Gasteiger partial charge in [0.05, 0.1) is 18.9 Å². The number of hydrogen-bond donors (Lipinski definition) is 1. The first-order valence-electron chi connectivity index (χ1n) is 6.11. The molecule has 4 heteroatoms. The molecule has 0 aliphatic heterocycles. The van der Waals surface area contributed by atoms with Crippen molar-refractivity contribution in [3.05, 3.63) is 35.5 Å². The summed E-state index contributed by atoms with van der Waals surface area (Å²) in [5, 5.41) is 3.86. The minimum Gasteiger partial charge on any atom is -0.496 e. The van der Waals surface area contributed by atoms with Gasteiger partial charge in [0.15, 0.2) is 5.76 Å². The summed E-state index contributed by atoms with van der Waals surface area (Å²) < 4.78 is 10.7. The first-order valence-corrected chi connectivity index (χ1v) is 6.11. The van der Waals surface area contributed by atoms with E-state index in [2.05, 4.69) is 24.2 Å². The van der Waals surface area contributed by atoms with E-state index in [-0.39, 0.29) is 0 Å². The third kappa shape index (κ3) is 2.38. The van der Waals surface area contributed by atoms with Gasteiger partial charge < -0.3 is 15.0 Å². The molecule has 0 saturated carbocycles. The standard InChI is InChI=1S/C14H18N2O2/c1-3-10-4-5-13(17-2)12(8-10)14-11(6-7-15)9-16-18-14/h4-5,8-9H,3,6-7,15H2,1-2H3. The van der Waals surface area contributed by atoms with Crippen molar-refractivity contribution < 1.29 is 9.26 Å². The molecular weight excluding hydrogens is 228 g/mol. The summed E-state index contributed by atoms with van der Waals surface area (Å²) in [6.07, 6.45) is 3.44. The highest BCUT2D eigenvalue weighted by Crippen LogP contribution is 2.33. The molecule has 0 unspecified atom stereocenters. The van der Waals surface area contributed by atoms with Crippen LogP contribution in [-0.2, 0) is 12.8 Å². The maximum Gasteiger partial charge on any atom is 0.173 e. The van der Waals surface area contributed by atoms with E-state index in [0.717, 1.165) is 35.5 Å². The van der Waals surface area contributed by atoms with Crippen molar-refractivity contribution in [2.24, 2.45) is 5.73 Å². The van der Waals surface area contributed by atoms with E-state index < -0.39 is 0 Å². The Hall–Kier alpha value is -1.81. The van der Waals surface area contributed by atoms with Crippen molar-refractivity contribution in [2.75, 3.05) is 13.7 Å². The lowest BCUT2D eigenvalue weighted by Crippen LogP contribution is -2.03. The number of aryl methyl sites for hydroxylation is 1. The van der Waals surface area contributed by atoms with Gasteiger partial charge in [-0.3, -0.25) is 0 Å². The third-order valence-electron chi connectivity index (χ3n) is 2.97. The Morgan fingerprint density at radius 2 is 2.22 bits per heavy atom.